The van der Waals surface area contributed by atoms with E-state index < -0.39 is 5.97 Å². The highest BCUT2D eigenvalue weighted by Crippen LogP contribution is 2.46. The van der Waals surface area contributed by atoms with E-state index in [1.807, 2.05) is 44.2 Å². The molecule has 1 saturated carbocycles. The Balaban J connectivity index is 1.81. The molecule has 7 nitrogen and oxygen atoms in total. The third kappa shape index (κ3) is 5.39. The number of fused-ring (bicyclic) bond motifs is 1. The Labute approximate surface area is 207 Å². The molecule has 7 heteroatoms. The van der Waals surface area contributed by atoms with E-state index in [0.29, 0.717) is 17.2 Å². The molecule has 1 aliphatic rings. The Morgan fingerprint density at radius 1 is 1.14 bits per heavy atom. The molecule has 1 N–H and O–H groups in total. The molecule has 1 aromatic heterocycles. The molecule has 0 amide bonds. The van der Waals surface area contributed by atoms with Gasteiger partial charge in [0.05, 0.1) is 31.4 Å². The second kappa shape index (κ2) is 9.80. The zero-order valence-electron chi connectivity index (χ0n) is 21.8. The van der Waals surface area contributed by atoms with Crippen molar-refractivity contribution in [3.8, 4) is 11.5 Å². The van der Waals surface area contributed by atoms with Gasteiger partial charge in [0, 0.05) is 17.8 Å². The maximum atomic E-state index is 12.4. The normalized spacial score (nSPS) is 19.5. The number of hydrogen-bond donors (Lipinski definition) is 1. The minimum absolute atomic E-state index is 0.119. The predicted octanol–water partition coefficient (Wildman–Crippen LogP) is 6.75. The van der Waals surface area contributed by atoms with Crippen molar-refractivity contribution < 1.29 is 19.0 Å². The van der Waals surface area contributed by atoms with Crippen LogP contribution in [0.5, 0.6) is 11.5 Å². The van der Waals surface area contributed by atoms with Crippen molar-refractivity contribution in [3.05, 3.63) is 42.0 Å². The quantitative estimate of drug-likeness (QED) is 0.378. The predicted molar refractivity (Wildman–Crippen MR) is 139 cm³/mol. The summed E-state index contributed by atoms with van der Waals surface area (Å²) in [5.41, 5.74) is 3.17. The Kier molecular flexibility index (Phi) is 6.97. The van der Waals surface area contributed by atoms with Gasteiger partial charge >= 0.3 is 5.97 Å². The van der Waals surface area contributed by atoms with Gasteiger partial charge in [0.2, 0.25) is 5.95 Å². The molecule has 3 aromatic rings. The number of anilines is 2. The summed E-state index contributed by atoms with van der Waals surface area (Å²) < 4.78 is 18.6. The lowest BCUT2D eigenvalue weighted by molar-refractivity contribution is 0.0597. The number of imidazole rings is 1. The number of nitrogens with one attached hydrogen (secondary N) is 1. The first kappa shape index (κ1) is 24.9. The highest BCUT2D eigenvalue weighted by molar-refractivity contribution is 5.97. The van der Waals surface area contributed by atoms with Gasteiger partial charge in [-0.1, -0.05) is 20.8 Å². The smallest absolute Gasteiger partial charge is 0.341 e. The number of hydrogen-bond acceptors (Lipinski definition) is 6. The molecule has 2 aromatic carbocycles. The van der Waals surface area contributed by atoms with Crippen LogP contribution in [0.3, 0.4) is 0 Å². The summed E-state index contributed by atoms with van der Waals surface area (Å²) in [6.07, 6.45) is 3.42. The van der Waals surface area contributed by atoms with Gasteiger partial charge in [-0.15, -0.1) is 0 Å². The first-order valence-corrected chi connectivity index (χ1v) is 12.3. The van der Waals surface area contributed by atoms with Gasteiger partial charge < -0.3 is 24.1 Å². The van der Waals surface area contributed by atoms with Crippen LogP contribution in [0.4, 0.5) is 11.6 Å². The monoisotopic (exact) mass is 479 g/mol. The fraction of sp³-hybridized carbons (Fsp3) is 0.500. The van der Waals surface area contributed by atoms with E-state index in [2.05, 4.69) is 30.7 Å². The fourth-order valence-corrected chi connectivity index (χ4v) is 5.53. The molecule has 2 atom stereocenters. The maximum Gasteiger partial charge on any atom is 0.341 e. The van der Waals surface area contributed by atoms with Crippen molar-refractivity contribution in [2.75, 3.05) is 19.5 Å². The molecule has 1 heterocycles. The van der Waals surface area contributed by atoms with Gasteiger partial charge in [0.25, 0.3) is 0 Å². The number of rotatable bonds is 7. The lowest BCUT2D eigenvalue weighted by Gasteiger charge is -2.40. The van der Waals surface area contributed by atoms with E-state index in [1.54, 1.807) is 13.2 Å². The van der Waals surface area contributed by atoms with Crippen LogP contribution in [-0.4, -0.2) is 35.8 Å². The van der Waals surface area contributed by atoms with Crippen LogP contribution < -0.4 is 14.8 Å². The van der Waals surface area contributed by atoms with E-state index >= 15 is 0 Å². The molecule has 0 bridgehead atoms. The summed E-state index contributed by atoms with van der Waals surface area (Å²) in [4.78, 5) is 17.3. The fourth-order valence-electron chi connectivity index (χ4n) is 5.53. The van der Waals surface area contributed by atoms with Gasteiger partial charge in [0.15, 0.2) is 0 Å². The van der Waals surface area contributed by atoms with Gasteiger partial charge in [0.1, 0.15) is 17.1 Å². The average molecular weight is 480 g/mol. The van der Waals surface area contributed by atoms with Crippen molar-refractivity contribution >= 4 is 28.6 Å². The highest BCUT2D eigenvalue weighted by Gasteiger charge is 2.35. The number of carbonyl (C=O) groups is 1. The van der Waals surface area contributed by atoms with E-state index in [0.717, 1.165) is 41.3 Å². The number of esters is 1. The van der Waals surface area contributed by atoms with Crippen LogP contribution >= 0.6 is 0 Å². The molecule has 35 heavy (non-hydrogen) atoms. The zero-order chi connectivity index (χ0) is 25.3. The Bertz CT molecular complexity index is 1200. The third-order valence-electron chi connectivity index (χ3n) is 6.63. The van der Waals surface area contributed by atoms with Crippen molar-refractivity contribution in [2.24, 2.45) is 11.3 Å². The van der Waals surface area contributed by atoms with Crippen molar-refractivity contribution in [2.45, 2.75) is 66.0 Å². The highest BCUT2D eigenvalue weighted by atomic mass is 16.5. The number of aromatic nitrogens is 2. The molecule has 0 aliphatic heterocycles. The summed E-state index contributed by atoms with van der Waals surface area (Å²) in [6, 6.07) is 11.8. The van der Waals surface area contributed by atoms with E-state index in [1.165, 1.54) is 13.5 Å². The second-order valence-corrected chi connectivity index (χ2v) is 10.7. The standard InChI is InChI=1S/C28H37N3O4/c1-17(2)35-21-10-8-19(9-11-21)29-27-30-23-13-22(26(32)34-7)25(33-6)14-24(23)31(27)20-12-18(3)15-28(4,5)16-20/h8-11,13-14,17-18,20H,12,15-16H2,1-7H3,(H,29,30)/t18-,20?/m0/s1. The zero-order valence-corrected chi connectivity index (χ0v) is 21.8. The van der Waals surface area contributed by atoms with Crippen molar-refractivity contribution in [1.82, 2.24) is 9.55 Å². The van der Waals surface area contributed by atoms with Crippen LogP contribution in [0.15, 0.2) is 36.4 Å². The molecule has 1 unspecified atom stereocenters. The van der Waals surface area contributed by atoms with Gasteiger partial charge in [-0.3, -0.25) is 0 Å². The first-order chi connectivity index (χ1) is 16.6. The Morgan fingerprint density at radius 3 is 2.46 bits per heavy atom. The minimum atomic E-state index is -0.444. The maximum absolute atomic E-state index is 12.4. The van der Waals surface area contributed by atoms with Crippen LogP contribution in [-0.2, 0) is 4.74 Å². The summed E-state index contributed by atoms with van der Waals surface area (Å²) in [5, 5.41) is 3.52. The second-order valence-electron chi connectivity index (χ2n) is 10.7. The Hall–Kier alpha value is -3.22. The number of benzene rings is 2. The molecule has 1 aliphatic carbocycles. The van der Waals surface area contributed by atoms with Crippen LogP contribution in [0.1, 0.15) is 70.3 Å². The molecular weight excluding hydrogens is 442 g/mol. The molecule has 4 rings (SSSR count). The van der Waals surface area contributed by atoms with Crippen LogP contribution in [0, 0.1) is 11.3 Å². The largest absolute Gasteiger partial charge is 0.496 e. The summed E-state index contributed by atoms with van der Waals surface area (Å²) in [6.45, 7) is 11.0. The lowest BCUT2D eigenvalue weighted by atomic mass is 9.70. The number of carbonyl (C=O) groups excluding carboxylic acids is 1. The van der Waals surface area contributed by atoms with Gasteiger partial charge in [-0.2, -0.15) is 0 Å². The SMILES string of the molecule is COC(=O)c1cc2nc(Nc3ccc(OC(C)C)cc3)n(C3C[C@H](C)CC(C)(C)C3)c2cc1OC. The first-order valence-electron chi connectivity index (χ1n) is 12.3. The van der Waals surface area contributed by atoms with Gasteiger partial charge in [-0.05, 0) is 74.8 Å². The summed E-state index contributed by atoms with van der Waals surface area (Å²) in [5.74, 6) is 2.21. The molecule has 1 fully saturated rings. The summed E-state index contributed by atoms with van der Waals surface area (Å²) >= 11 is 0. The number of nitrogens with zero attached hydrogens (tertiary/aromatic N) is 2. The molecule has 0 radical (unpaired) electrons. The summed E-state index contributed by atoms with van der Waals surface area (Å²) in [7, 11) is 2.94. The molecule has 188 valence electrons. The topological polar surface area (TPSA) is 74.6 Å². The van der Waals surface area contributed by atoms with E-state index in [4.69, 9.17) is 19.2 Å². The Morgan fingerprint density at radius 2 is 1.86 bits per heavy atom. The third-order valence-corrected chi connectivity index (χ3v) is 6.63. The molecular formula is C28H37N3O4. The van der Waals surface area contributed by atoms with E-state index in [9.17, 15) is 4.79 Å². The van der Waals surface area contributed by atoms with E-state index in [-0.39, 0.29) is 17.6 Å². The van der Waals surface area contributed by atoms with Crippen molar-refractivity contribution in [1.29, 1.82) is 0 Å². The van der Waals surface area contributed by atoms with Crippen LogP contribution in [0.2, 0.25) is 0 Å². The minimum Gasteiger partial charge on any atom is -0.496 e. The van der Waals surface area contributed by atoms with Gasteiger partial charge in [-0.25, -0.2) is 9.78 Å². The molecule has 0 spiro atoms. The average Bonchev–Trinajstić information content (AvgIpc) is 3.13. The van der Waals surface area contributed by atoms with Crippen molar-refractivity contribution in [3.63, 3.8) is 0 Å². The lowest BCUT2D eigenvalue weighted by Crippen LogP contribution is -2.29. The number of ether oxygens (including phenoxy) is 3. The number of methoxy groups -OCH3 is 2. The van der Waals surface area contributed by atoms with Crippen LogP contribution in [0.25, 0.3) is 11.0 Å². The molecule has 0 saturated heterocycles.